The lowest BCUT2D eigenvalue weighted by Crippen LogP contribution is -2.43. The minimum Gasteiger partial charge on any atom is -0.392 e. The first kappa shape index (κ1) is 13.1. The fourth-order valence-corrected chi connectivity index (χ4v) is 2.13. The van der Waals surface area contributed by atoms with Crippen LogP contribution in [0.15, 0.2) is 24.3 Å². The van der Waals surface area contributed by atoms with E-state index in [4.69, 9.17) is 0 Å². The van der Waals surface area contributed by atoms with Gasteiger partial charge in [0.1, 0.15) is 0 Å². The van der Waals surface area contributed by atoms with Crippen LogP contribution in [0.5, 0.6) is 0 Å². The molecule has 4 nitrogen and oxygen atoms in total. The summed E-state index contributed by atoms with van der Waals surface area (Å²) in [6.07, 6.45) is 1.94. The van der Waals surface area contributed by atoms with Crippen molar-refractivity contribution in [3.8, 4) is 0 Å². The number of anilines is 1. The minimum absolute atomic E-state index is 0.0109. The Morgan fingerprint density at radius 2 is 2.28 bits per heavy atom. The third-order valence-electron chi connectivity index (χ3n) is 3.37. The average molecular weight is 248 g/mol. The molecule has 4 heteroatoms. The van der Waals surface area contributed by atoms with Crippen LogP contribution in [0.4, 0.5) is 5.69 Å². The zero-order chi connectivity index (χ0) is 13.0. The fraction of sp³-hybridized carbons (Fsp3) is 0.500. The number of aliphatic hydroxyl groups excluding tert-OH is 1. The molecule has 0 saturated heterocycles. The maximum Gasteiger partial charge on any atom is 0.241 e. The van der Waals surface area contributed by atoms with Gasteiger partial charge in [-0.15, -0.1) is 0 Å². The molecule has 0 radical (unpaired) electrons. The van der Waals surface area contributed by atoms with Gasteiger partial charge in [0, 0.05) is 12.2 Å². The van der Waals surface area contributed by atoms with Crippen LogP contribution < -0.4 is 10.6 Å². The van der Waals surface area contributed by atoms with Crippen LogP contribution in [0, 0.1) is 0 Å². The zero-order valence-electron chi connectivity index (χ0n) is 10.6. The van der Waals surface area contributed by atoms with Crippen molar-refractivity contribution in [2.24, 2.45) is 0 Å². The van der Waals surface area contributed by atoms with E-state index < -0.39 is 0 Å². The molecule has 18 heavy (non-hydrogen) atoms. The van der Waals surface area contributed by atoms with Crippen LogP contribution >= 0.6 is 0 Å². The molecule has 1 amide bonds. The number of hydrogen-bond acceptors (Lipinski definition) is 3. The Hall–Kier alpha value is -1.39. The molecule has 0 aliphatic carbocycles. The molecule has 0 fully saturated rings. The van der Waals surface area contributed by atoms with E-state index in [1.54, 1.807) is 0 Å². The summed E-state index contributed by atoms with van der Waals surface area (Å²) in [6.45, 7) is 2.39. The van der Waals surface area contributed by atoms with Crippen molar-refractivity contribution in [1.82, 2.24) is 5.32 Å². The Labute approximate surface area is 107 Å². The highest BCUT2D eigenvalue weighted by molar-refractivity contribution is 5.96. The maximum absolute atomic E-state index is 12.0. The number of fused-ring (bicyclic) bond motifs is 1. The molecule has 2 rings (SSSR count). The second-order valence-corrected chi connectivity index (χ2v) is 4.71. The zero-order valence-corrected chi connectivity index (χ0v) is 10.6. The van der Waals surface area contributed by atoms with Gasteiger partial charge in [-0.3, -0.25) is 4.79 Å². The lowest BCUT2D eigenvalue weighted by Gasteiger charge is -2.17. The number of para-hydroxylation sites is 1. The third-order valence-corrected chi connectivity index (χ3v) is 3.37. The van der Waals surface area contributed by atoms with E-state index in [0.29, 0.717) is 13.0 Å². The van der Waals surface area contributed by atoms with Crippen molar-refractivity contribution in [2.75, 3.05) is 11.9 Å². The Morgan fingerprint density at radius 1 is 1.50 bits per heavy atom. The fourth-order valence-electron chi connectivity index (χ4n) is 2.13. The van der Waals surface area contributed by atoms with Gasteiger partial charge in [-0.1, -0.05) is 25.1 Å². The summed E-state index contributed by atoms with van der Waals surface area (Å²) >= 11 is 0. The van der Waals surface area contributed by atoms with Crippen LogP contribution in [-0.2, 0) is 11.2 Å². The topological polar surface area (TPSA) is 61.4 Å². The molecule has 2 atom stereocenters. The normalized spacial score (nSPS) is 20.8. The molecule has 1 aliphatic heterocycles. The Balaban J connectivity index is 1.99. The highest BCUT2D eigenvalue weighted by Crippen LogP contribution is 2.21. The second kappa shape index (κ2) is 5.98. The predicted octanol–water partition coefficient (Wildman–Crippen LogP) is 1.30. The van der Waals surface area contributed by atoms with Crippen molar-refractivity contribution in [2.45, 2.75) is 38.3 Å². The molecule has 0 aromatic heterocycles. The molecule has 0 bridgehead atoms. The number of nitrogens with one attached hydrogen (secondary N) is 2. The SMILES string of the molecule is CCC(O)CNC1CCc2ccccc2NC1=O. The molecule has 98 valence electrons. The van der Waals surface area contributed by atoms with Gasteiger partial charge in [0.2, 0.25) is 5.91 Å². The summed E-state index contributed by atoms with van der Waals surface area (Å²) in [5.74, 6) is -0.0109. The summed E-state index contributed by atoms with van der Waals surface area (Å²) in [7, 11) is 0. The van der Waals surface area contributed by atoms with Gasteiger partial charge in [0.25, 0.3) is 0 Å². The number of carbonyl (C=O) groups is 1. The van der Waals surface area contributed by atoms with E-state index in [1.165, 1.54) is 5.56 Å². The molecule has 3 N–H and O–H groups in total. The number of carbonyl (C=O) groups excluding carboxylic acids is 1. The molecular weight excluding hydrogens is 228 g/mol. The van der Waals surface area contributed by atoms with E-state index in [-0.39, 0.29) is 18.1 Å². The van der Waals surface area contributed by atoms with Gasteiger partial charge >= 0.3 is 0 Å². The Bertz CT molecular complexity index is 420. The van der Waals surface area contributed by atoms with E-state index in [2.05, 4.69) is 10.6 Å². The molecular formula is C14H20N2O2. The largest absolute Gasteiger partial charge is 0.392 e. The molecule has 0 spiro atoms. The highest BCUT2D eigenvalue weighted by Gasteiger charge is 2.23. The monoisotopic (exact) mass is 248 g/mol. The second-order valence-electron chi connectivity index (χ2n) is 4.71. The predicted molar refractivity (Wildman–Crippen MR) is 71.5 cm³/mol. The van der Waals surface area contributed by atoms with E-state index in [9.17, 15) is 9.90 Å². The van der Waals surface area contributed by atoms with Crippen molar-refractivity contribution in [3.05, 3.63) is 29.8 Å². The van der Waals surface area contributed by atoms with Gasteiger partial charge in [-0.05, 0) is 30.9 Å². The van der Waals surface area contributed by atoms with Crippen LogP contribution in [-0.4, -0.2) is 29.7 Å². The van der Waals surface area contributed by atoms with Gasteiger partial charge in [0.05, 0.1) is 12.1 Å². The van der Waals surface area contributed by atoms with Crippen molar-refractivity contribution in [3.63, 3.8) is 0 Å². The number of aliphatic hydroxyl groups is 1. The number of rotatable bonds is 4. The lowest BCUT2D eigenvalue weighted by molar-refractivity contribution is -0.118. The molecule has 0 saturated carbocycles. The molecule has 1 aliphatic rings. The number of benzene rings is 1. The summed E-state index contributed by atoms with van der Waals surface area (Å²) in [4.78, 5) is 12.0. The summed E-state index contributed by atoms with van der Waals surface area (Å²) in [6, 6.07) is 7.65. The average Bonchev–Trinajstić information content (AvgIpc) is 2.54. The molecule has 1 aromatic carbocycles. The summed E-state index contributed by atoms with van der Waals surface area (Å²) < 4.78 is 0. The Kier molecular flexibility index (Phi) is 4.33. The van der Waals surface area contributed by atoms with Gasteiger partial charge in [0.15, 0.2) is 0 Å². The molecule has 2 unspecified atom stereocenters. The number of hydrogen-bond donors (Lipinski definition) is 3. The van der Waals surface area contributed by atoms with Crippen molar-refractivity contribution in [1.29, 1.82) is 0 Å². The van der Waals surface area contributed by atoms with E-state index in [1.807, 2.05) is 31.2 Å². The van der Waals surface area contributed by atoms with Crippen LogP contribution in [0.2, 0.25) is 0 Å². The van der Waals surface area contributed by atoms with E-state index in [0.717, 1.165) is 18.5 Å². The number of aryl methyl sites for hydroxylation is 1. The summed E-state index contributed by atoms with van der Waals surface area (Å²) in [5, 5.41) is 15.6. The summed E-state index contributed by atoms with van der Waals surface area (Å²) in [5.41, 5.74) is 2.08. The quantitative estimate of drug-likeness (QED) is 0.752. The maximum atomic E-state index is 12.0. The smallest absolute Gasteiger partial charge is 0.241 e. The van der Waals surface area contributed by atoms with E-state index >= 15 is 0 Å². The van der Waals surface area contributed by atoms with Crippen LogP contribution in [0.1, 0.15) is 25.3 Å². The van der Waals surface area contributed by atoms with Crippen LogP contribution in [0.3, 0.4) is 0 Å². The first-order valence-corrected chi connectivity index (χ1v) is 6.51. The first-order valence-electron chi connectivity index (χ1n) is 6.51. The number of amides is 1. The van der Waals surface area contributed by atoms with Gasteiger partial charge in [-0.2, -0.15) is 0 Å². The van der Waals surface area contributed by atoms with Gasteiger partial charge in [-0.25, -0.2) is 0 Å². The highest BCUT2D eigenvalue weighted by atomic mass is 16.3. The van der Waals surface area contributed by atoms with Crippen molar-refractivity contribution >= 4 is 11.6 Å². The third kappa shape index (κ3) is 3.09. The molecule has 1 aromatic rings. The lowest BCUT2D eigenvalue weighted by atomic mass is 10.1. The van der Waals surface area contributed by atoms with Crippen LogP contribution in [0.25, 0.3) is 0 Å². The van der Waals surface area contributed by atoms with Gasteiger partial charge < -0.3 is 15.7 Å². The molecule has 1 heterocycles. The minimum atomic E-state index is -0.386. The standard InChI is InChI=1S/C14H20N2O2/c1-2-11(17)9-15-13-8-7-10-5-3-4-6-12(10)16-14(13)18/h3-6,11,13,15,17H,2,7-9H2,1H3,(H,16,18). The van der Waals surface area contributed by atoms with Crippen molar-refractivity contribution < 1.29 is 9.90 Å². The Morgan fingerprint density at radius 3 is 3.06 bits per heavy atom. The first-order chi connectivity index (χ1) is 8.70.